The van der Waals surface area contributed by atoms with E-state index in [0.717, 1.165) is 43.6 Å². The predicted octanol–water partition coefficient (Wildman–Crippen LogP) is 2.02. The molecule has 1 atom stereocenters. The van der Waals surface area contributed by atoms with Crippen LogP contribution in [0.5, 0.6) is 0 Å². The molecule has 3 aromatic rings. The summed E-state index contributed by atoms with van der Waals surface area (Å²) in [5.74, 6) is 0.922. The van der Waals surface area contributed by atoms with Crippen molar-refractivity contribution >= 4 is 16.7 Å². The fourth-order valence-electron chi connectivity index (χ4n) is 3.75. The lowest BCUT2D eigenvalue weighted by molar-refractivity contribution is -0.126. The Morgan fingerprint density at radius 3 is 3.00 bits per heavy atom. The van der Waals surface area contributed by atoms with Crippen molar-refractivity contribution in [3.05, 3.63) is 65.0 Å². The highest BCUT2D eigenvalue weighted by atomic mass is 16.3. The molecule has 1 amide bonds. The maximum Gasteiger partial charge on any atom is 0.274 e. The third-order valence-corrected chi connectivity index (χ3v) is 5.22. The van der Waals surface area contributed by atoms with Crippen LogP contribution >= 0.6 is 0 Å². The lowest BCUT2D eigenvalue weighted by Crippen LogP contribution is -2.43. The molecule has 146 valence electrons. The summed E-state index contributed by atoms with van der Waals surface area (Å²) in [6.45, 7) is 3.17. The number of hydrogen-bond acceptors (Lipinski definition) is 5. The maximum atomic E-state index is 12.6. The topological polar surface area (TPSA) is 80.4 Å². The number of nitrogens with zero attached hydrogens (tertiary/aromatic N) is 3. The Hall–Kier alpha value is -2.93. The molecule has 1 aliphatic rings. The van der Waals surface area contributed by atoms with E-state index in [-0.39, 0.29) is 17.4 Å². The molecule has 3 heterocycles. The van der Waals surface area contributed by atoms with E-state index in [9.17, 15) is 9.59 Å². The lowest BCUT2D eigenvalue weighted by atomic mass is 9.97. The minimum absolute atomic E-state index is 0.0370. The Labute approximate surface area is 162 Å². The molecule has 7 nitrogen and oxygen atoms in total. The first-order valence-corrected chi connectivity index (χ1v) is 9.68. The molecular formula is C21H24N4O3. The number of likely N-dealkylation sites (tertiary alicyclic amines) is 1. The summed E-state index contributed by atoms with van der Waals surface area (Å²) in [4.78, 5) is 27.3. The standard InChI is InChI=1S/C21H24N4O3/c26-20(17-6-3-10-24(14-17)15-18-7-4-12-28-18)22-9-11-25-21(27)19-8-2-1-5-16(19)13-23-25/h1-2,4-5,7-8,12-13,17H,3,6,9-11,14-15H2,(H,22,26)/t17-/m1/s1. The molecule has 0 radical (unpaired) electrons. The Balaban J connectivity index is 1.30. The average molecular weight is 380 g/mol. The zero-order valence-electron chi connectivity index (χ0n) is 15.7. The van der Waals surface area contributed by atoms with Crippen LogP contribution in [0, 0.1) is 5.92 Å². The minimum atomic E-state index is -0.130. The summed E-state index contributed by atoms with van der Waals surface area (Å²) in [7, 11) is 0. The van der Waals surface area contributed by atoms with Crippen molar-refractivity contribution in [2.24, 2.45) is 5.92 Å². The van der Waals surface area contributed by atoms with Crippen molar-refractivity contribution in [2.45, 2.75) is 25.9 Å². The number of furan rings is 1. The number of benzene rings is 1. The molecule has 28 heavy (non-hydrogen) atoms. The number of piperidine rings is 1. The number of nitrogens with one attached hydrogen (secondary N) is 1. The van der Waals surface area contributed by atoms with Crippen molar-refractivity contribution in [1.82, 2.24) is 20.0 Å². The Kier molecular flexibility index (Phi) is 5.53. The van der Waals surface area contributed by atoms with Crippen LogP contribution in [0.2, 0.25) is 0 Å². The highest BCUT2D eigenvalue weighted by molar-refractivity contribution is 5.80. The summed E-state index contributed by atoms with van der Waals surface area (Å²) < 4.78 is 6.82. The van der Waals surface area contributed by atoms with Crippen LogP contribution in [0.4, 0.5) is 0 Å². The van der Waals surface area contributed by atoms with Crippen LogP contribution in [-0.2, 0) is 17.9 Å². The van der Waals surface area contributed by atoms with E-state index in [2.05, 4.69) is 15.3 Å². The first-order chi connectivity index (χ1) is 13.7. The molecule has 1 saturated heterocycles. The number of carbonyl (C=O) groups excluding carboxylic acids is 1. The van der Waals surface area contributed by atoms with Gasteiger partial charge in [0.1, 0.15) is 5.76 Å². The van der Waals surface area contributed by atoms with Crippen LogP contribution in [0.3, 0.4) is 0 Å². The number of fused-ring (bicyclic) bond motifs is 1. The third-order valence-electron chi connectivity index (χ3n) is 5.22. The molecule has 4 rings (SSSR count). The van der Waals surface area contributed by atoms with E-state index >= 15 is 0 Å². The summed E-state index contributed by atoms with van der Waals surface area (Å²) in [6, 6.07) is 11.2. The molecule has 0 bridgehead atoms. The SMILES string of the molecule is O=C(NCCn1ncc2ccccc2c1=O)[C@@H]1CCCN(Cc2ccco2)C1. The van der Waals surface area contributed by atoms with Crippen LogP contribution in [0.15, 0.2) is 58.1 Å². The van der Waals surface area contributed by atoms with Gasteiger partial charge in [-0.2, -0.15) is 5.10 Å². The van der Waals surface area contributed by atoms with E-state index in [1.807, 2.05) is 30.3 Å². The van der Waals surface area contributed by atoms with Crippen molar-refractivity contribution < 1.29 is 9.21 Å². The zero-order chi connectivity index (χ0) is 19.3. The molecule has 2 aromatic heterocycles. The van der Waals surface area contributed by atoms with Crippen molar-refractivity contribution in [3.8, 4) is 0 Å². The van der Waals surface area contributed by atoms with E-state index in [4.69, 9.17) is 4.42 Å². The summed E-state index contributed by atoms with van der Waals surface area (Å²) in [6.07, 6.45) is 5.23. The van der Waals surface area contributed by atoms with Gasteiger partial charge in [0.25, 0.3) is 5.56 Å². The molecular weight excluding hydrogens is 356 g/mol. The van der Waals surface area contributed by atoms with E-state index in [1.54, 1.807) is 18.5 Å². The van der Waals surface area contributed by atoms with Gasteiger partial charge in [-0.25, -0.2) is 4.68 Å². The van der Waals surface area contributed by atoms with Gasteiger partial charge in [0.05, 0.1) is 36.9 Å². The fraction of sp³-hybridized carbons (Fsp3) is 0.381. The first kappa shape index (κ1) is 18.4. The molecule has 0 spiro atoms. The summed E-state index contributed by atoms with van der Waals surface area (Å²) in [5, 5.41) is 8.64. The summed E-state index contributed by atoms with van der Waals surface area (Å²) in [5.41, 5.74) is -0.130. The number of amides is 1. The van der Waals surface area contributed by atoms with Crippen molar-refractivity contribution in [1.29, 1.82) is 0 Å². The third kappa shape index (κ3) is 4.14. The van der Waals surface area contributed by atoms with Crippen LogP contribution < -0.4 is 10.9 Å². The van der Waals surface area contributed by atoms with E-state index in [0.29, 0.717) is 18.5 Å². The zero-order valence-corrected chi connectivity index (χ0v) is 15.7. The summed E-state index contributed by atoms with van der Waals surface area (Å²) >= 11 is 0. The van der Waals surface area contributed by atoms with Gasteiger partial charge in [-0.05, 0) is 37.6 Å². The van der Waals surface area contributed by atoms with E-state index < -0.39 is 0 Å². The molecule has 0 aliphatic carbocycles. The van der Waals surface area contributed by atoms with Crippen molar-refractivity contribution in [3.63, 3.8) is 0 Å². The highest BCUT2D eigenvalue weighted by Crippen LogP contribution is 2.19. The van der Waals surface area contributed by atoms with Crippen LogP contribution in [0.25, 0.3) is 10.8 Å². The highest BCUT2D eigenvalue weighted by Gasteiger charge is 2.26. The Morgan fingerprint density at radius 2 is 2.14 bits per heavy atom. The van der Waals surface area contributed by atoms with Crippen molar-refractivity contribution in [2.75, 3.05) is 19.6 Å². The van der Waals surface area contributed by atoms with Crippen LogP contribution in [0.1, 0.15) is 18.6 Å². The molecule has 0 saturated carbocycles. The number of aromatic nitrogens is 2. The number of hydrogen-bond donors (Lipinski definition) is 1. The van der Waals surface area contributed by atoms with Gasteiger partial charge in [0.2, 0.25) is 5.91 Å². The minimum Gasteiger partial charge on any atom is -0.468 e. The average Bonchev–Trinajstić information content (AvgIpc) is 3.23. The maximum absolute atomic E-state index is 12.6. The molecule has 1 N–H and O–H groups in total. The second-order valence-electron chi connectivity index (χ2n) is 7.20. The first-order valence-electron chi connectivity index (χ1n) is 9.68. The number of rotatable bonds is 6. The lowest BCUT2D eigenvalue weighted by Gasteiger charge is -2.31. The van der Waals surface area contributed by atoms with E-state index in [1.165, 1.54) is 4.68 Å². The normalized spacial score (nSPS) is 17.6. The second-order valence-corrected chi connectivity index (χ2v) is 7.20. The molecule has 7 heteroatoms. The molecule has 1 aromatic carbocycles. The van der Waals surface area contributed by atoms with Crippen LogP contribution in [-0.4, -0.2) is 40.2 Å². The Bertz CT molecular complexity index is 996. The van der Waals surface area contributed by atoms with Gasteiger partial charge in [-0.15, -0.1) is 0 Å². The Morgan fingerprint density at radius 1 is 1.25 bits per heavy atom. The predicted molar refractivity (Wildman–Crippen MR) is 106 cm³/mol. The smallest absolute Gasteiger partial charge is 0.274 e. The largest absolute Gasteiger partial charge is 0.468 e. The van der Waals surface area contributed by atoms with Gasteiger partial charge in [0, 0.05) is 18.5 Å². The molecule has 1 fully saturated rings. The van der Waals surface area contributed by atoms with Gasteiger partial charge in [0.15, 0.2) is 0 Å². The quantitative estimate of drug-likeness (QED) is 0.708. The molecule has 1 aliphatic heterocycles. The molecule has 0 unspecified atom stereocenters. The number of carbonyl (C=O) groups is 1. The second kappa shape index (κ2) is 8.39. The van der Waals surface area contributed by atoms with Gasteiger partial charge in [-0.3, -0.25) is 14.5 Å². The van der Waals surface area contributed by atoms with Gasteiger partial charge >= 0.3 is 0 Å². The van der Waals surface area contributed by atoms with Gasteiger partial charge < -0.3 is 9.73 Å². The fourth-order valence-corrected chi connectivity index (χ4v) is 3.75. The van der Waals surface area contributed by atoms with Gasteiger partial charge in [-0.1, -0.05) is 18.2 Å². The monoisotopic (exact) mass is 380 g/mol.